The van der Waals surface area contributed by atoms with E-state index in [4.69, 9.17) is 11.6 Å². The highest BCUT2D eigenvalue weighted by molar-refractivity contribution is 8.01. The van der Waals surface area contributed by atoms with Crippen LogP contribution < -0.4 is 10.2 Å². The molecule has 7 heteroatoms. The van der Waals surface area contributed by atoms with Crippen LogP contribution in [0.1, 0.15) is 6.42 Å². The third kappa shape index (κ3) is 4.83. The van der Waals surface area contributed by atoms with Gasteiger partial charge in [0, 0.05) is 22.2 Å². The highest BCUT2D eigenvalue weighted by atomic mass is 35.5. The Morgan fingerprint density at radius 2 is 2.00 bits per heavy atom. The topological polar surface area (TPSA) is 52.7 Å². The third-order valence-corrected chi connectivity index (χ3v) is 5.69. The Hall–Kier alpha value is -2.02. The summed E-state index contributed by atoms with van der Waals surface area (Å²) in [5.74, 6) is -0.517. The van der Waals surface area contributed by atoms with Gasteiger partial charge in [-0.15, -0.1) is 11.8 Å². The lowest BCUT2D eigenvalue weighted by molar-refractivity contribution is -0.124. The Balaban J connectivity index is 1.80. The van der Waals surface area contributed by atoms with Crippen molar-refractivity contribution in [3.8, 4) is 0 Å². The molecule has 1 atom stereocenters. The number of hydrogen-bond donors (Lipinski definition) is 1. The lowest BCUT2D eigenvalue weighted by Gasteiger charge is -2.33. The highest BCUT2D eigenvalue weighted by Gasteiger charge is 2.37. The maximum atomic E-state index is 13.1. The van der Waals surface area contributed by atoms with Gasteiger partial charge >= 0.3 is 0 Å². The number of carbonyl (C=O) groups is 2. The van der Waals surface area contributed by atoms with Crippen LogP contribution in [0.2, 0.25) is 5.02 Å². The summed E-state index contributed by atoms with van der Waals surface area (Å²) >= 11 is 7.27. The molecule has 2 aromatic carbocycles. The van der Waals surface area contributed by atoms with Crippen LogP contribution in [0.25, 0.3) is 0 Å². The second-order valence-electron chi connectivity index (χ2n) is 6.61. The van der Waals surface area contributed by atoms with E-state index in [1.807, 2.05) is 38.4 Å². The van der Waals surface area contributed by atoms with Gasteiger partial charge in [-0.1, -0.05) is 29.8 Å². The first kappa shape index (κ1) is 19.7. The first-order valence-corrected chi connectivity index (χ1v) is 9.99. The van der Waals surface area contributed by atoms with Crippen molar-refractivity contribution in [2.24, 2.45) is 0 Å². The first-order chi connectivity index (χ1) is 13.0. The second-order valence-corrected chi connectivity index (χ2v) is 8.20. The van der Waals surface area contributed by atoms with Crippen molar-refractivity contribution in [2.45, 2.75) is 16.6 Å². The van der Waals surface area contributed by atoms with Crippen LogP contribution in [-0.2, 0) is 9.59 Å². The molecule has 0 aromatic heterocycles. The molecule has 0 bridgehead atoms. The van der Waals surface area contributed by atoms with Crippen LogP contribution in [0.15, 0.2) is 53.4 Å². The van der Waals surface area contributed by atoms with Gasteiger partial charge in [-0.2, -0.15) is 0 Å². The van der Waals surface area contributed by atoms with Crippen molar-refractivity contribution < 1.29 is 9.59 Å². The molecule has 142 valence electrons. The van der Waals surface area contributed by atoms with Crippen LogP contribution in [0, 0.1) is 0 Å². The molecule has 1 N–H and O–H groups in total. The summed E-state index contributed by atoms with van der Waals surface area (Å²) in [5.41, 5.74) is 1.46. The Morgan fingerprint density at radius 3 is 2.74 bits per heavy atom. The monoisotopic (exact) mass is 403 g/mol. The molecule has 1 heterocycles. The number of fused-ring (bicyclic) bond motifs is 1. The fourth-order valence-electron chi connectivity index (χ4n) is 2.93. The number of nitrogens with one attached hydrogen (secondary N) is 1. The lowest BCUT2D eigenvalue weighted by Crippen LogP contribution is -2.47. The van der Waals surface area contributed by atoms with Gasteiger partial charge in [0.25, 0.3) is 0 Å². The molecule has 27 heavy (non-hydrogen) atoms. The molecular weight excluding hydrogens is 382 g/mol. The number of thioether (sulfide) groups is 1. The Labute approximate surface area is 168 Å². The zero-order chi connectivity index (χ0) is 19.4. The van der Waals surface area contributed by atoms with Gasteiger partial charge in [0.05, 0.1) is 5.69 Å². The van der Waals surface area contributed by atoms with Crippen molar-refractivity contribution >= 4 is 46.6 Å². The molecule has 0 spiro atoms. The van der Waals surface area contributed by atoms with E-state index >= 15 is 0 Å². The maximum absolute atomic E-state index is 13.1. The van der Waals surface area contributed by atoms with Gasteiger partial charge in [-0.3, -0.25) is 9.59 Å². The smallest absolute Gasteiger partial charge is 0.250 e. The molecule has 0 aliphatic carbocycles. The van der Waals surface area contributed by atoms with E-state index in [1.165, 1.54) is 11.8 Å². The van der Waals surface area contributed by atoms with Crippen molar-refractivity contribution in [3.05, 3.63) is 53.6 Å². The summed E-state index contributed by atoms with van der Waals surface area (Å²) in [6, 6.07) is 14.6. The third-order valence-electron chi connectivity index (χ3n) is 4.21. The molecule has 1 aliphatic heterocycles. The summed E-state index contributed by atoms with van der Waals surface area (Å²) < 4.78 is 0. The average Bonchev–Trinajstić information content (AvgIpc) is 2.63. The van der Waals surface area contributed by atoms with E-state index in [9.17, 15) is 9.59 Å². The quantitative estimate of drug-likeness (QED) is 0.746. The number of carbonyl (C=O) groups excluding carboxylic acids is 2. The number of benzene rings is 2. The minimum absolute atomic E-state index is 0.183. The second kappa shape index (κ2) is 8.78. The summed E-state index contributed by atoms with van der Waals surface area (Å²) in [6.45, 7) is 1.45. The number of para-hydroxylation sites is 1. The summed E-state index contributed by atoms with van der Waals surface area (Å²) in [7, 11) is 4.01. The van der Waals surface area contributed by atoms with Crippen LogP contribution >= 0.6 is 23.4 Å². The van der Waals surface area contributed by atoms with Crippen molar-refractivity contribution in [1.82, 2.24) is 4.90 Å². The number of hydrogen-bond acceptors (Lipinski definition) is 4. The molecule has 5 nitrogen and oxygen atoms in total. The molecule has 2 aromatic rings. The molecule has 2 amide bonds. The number of rotatable bonds is 6. The fraction of sp³-hybridized carbons (Fsp3) is 0.300. The fourth-order valence-corrected chi connectivity index (χ4v) is 4.23. The number of amides is 2. The van der Waals surface area contributed by atoms with Gasteiger partial charge < -0.3 is 15.1 Å². The number of halogens is 1. The number of anilines is 2. The molecule has 1 aliphatic rings. The minimum atomic E-state index is -0.821. The zero-order valence-electron chi connectivity index (χ0n) is 15.3. The molecule has 0 saturated carbocycles. The summed E-state index contributed by atoms with van der Waals surface area (Å²) in [6.07, 6.45) is 0.834. The van der Waals surface area contributed by atoms with E-state index in [1.54, 1.807) is 29.2 Å². The summed E-state index contributed by atoms with van der Waals surface area (Å²) in [4.78, 5) is 30.6. The summed E-state index contributed by atoms with van der Waals surface area (Å²) in [5, 5.41) is 2.52. The Bertz CT molecular complexity index is 843. The molecule has 0 fully saturated rings. The van der Waals surface area contributed by atoms with E-state index in [2.05, 4.69) is 10.2 Å². The van der Waals surface area contributed by atoms with Gasteiger partial charge in [0.1, 0.15) is 0 Å². The largest absolute Gasteiger partial charge is 0.325 e. The first-order valence-electron chi connectivity index (χ1n) is 8.74. The van der Waals surface area contributed by atoms with Crippen LogP contribution in [0.3, 0.4) is 0 Å². The molecule has 0 saturated heterocycles. The highest BCUT2D eigenvalue weighted by Crippen LogP contribution is 2.39. The van der Waals surface area contributed by atoms with E-state index < -0.39 is 5.25 Å². The lowest BCUT2D eigenvalue weighted by atomic mass is 10.2. The van der Waals surface area contributed by atoms with Crippen molar-refractivity contribution in [1.29, 1.82) is 0 Å². The molecular formula is C20H22ClN3O2S. The minimum Gasteiger partial charge on any atom is -0.325 e. The van der Waals surface area contributed by atoms with Crippen LogP contribution in [0.4, 0.5) is 11.4 Å². The molecule has 3 rings (SSSR count). The molecule has 0 radical (unpaired) electrons. The number of nitrogens with zero attached hydrogens (tertiary/aromatic N) is 2. The van der Waals surface area contributed by atoms with Crippen LogP contribution in [-0.4, -0.2) is 49.1 Å². The predicted molar refractivity (Wildman–Crippen MR) is 112 cm³/mol. The van der Waals surface area contributed by atoms with Gasteiger partial charge in [0.15, 0.2) is 5.25 Å². The predicted octanol–water partition coefficient (Wildman–Crippen LogP) is 3.74. The zero-order valence-corrected chi connectivity index (χ0v) is 16.9. The standard InChI is InChI=1S/C20H22ClN3O2S/c1-23(2)11-6-12-24-16-9-3-4-10-17(16)27-18(20(24)26)19(25)22-15-8-5-7-14(21)13-15/h3-5,7-10,13,18H,6,11-12H2,1-2H3,(H,22,25). The van der Waals surface area contributed by atoms with Gasteiger partial charge in [-0.25, -0.2) is 0 Å². The molecule has 1 unspecified atom stereocenters. The average molecular weight is 404 g/mol. The van der Waals surface area contributed by atoms with E-state index in [0.717, 1.165) is 23.5 Å². The Kier molecular flexibility index (Phi) is 6.42. The normalized spacial score (nSPS) is 16.4. The van der Waals surface area contributed by atoms with Crippen LogP contribution in [0.5, 0.6) is 0 Å². The van der Waals surface area contributed by atoms with Crippen molar-refractivity contribution in [3.63, 3.8) is 0 Å². The van der Waals surface area contributed by atoms with E-state index in [-0.39, 0.29) is 11.8 Å². The maximum Gasteiger partial charge on any atom is 0.250 e. The van der Waals surface area contributed by atoms with Gasteiger partial charge in [0.2, 0.25) is 11.8 Å². The SMILES string of the molecule is CN(C)CCCN1C(=O)C(C(=O)Nc2cccc(Cl)c2)Sc2ccccc21. The van der Waals surface area contributed by atoms with Crippen molar-refractivity contribution in [2.75, 3.05) is 37.4 Å². The Morgan fingerprint density at radius 1 is 1.22 bits per heavy atom. The van der Waals surface area contributed by atoms with Gasteiger partial charge in [-0.05, 0) is 57.4 Å². The van der Waals surface area contributed by atoms with E-state index in [0.29, 0.717) is 17.3 Å².